The number of carbonyl (C=O) groups is 1. The highest BCUT2D eigenvalue weighted by molar-refractivity contribution is 7.89. The van der Waals surface area contributed by atoms with Crippen LogP contribution >= 0.6 is 0 Å². The minimum absolute atomic E-state index is 0.0274. The summed E-state index contributed by atoms with van der Waals surface area (Å²) in [6.07, 6.45) is 1.29. The van der Waals surface area contributed by atoms with Gasteiger partial charge in [-0.1, -0.05) is 0 Å². The Kier molecular flexibility index (Phi) is 6.32. The van der Waals surface area contributed by atoms with Gasteiger partial charge >= 0.3 is 0 Å². The average molecular weight is 358 g/mol. The maximum Gasteiger partial charge on any atom is 0.251 e. The average Bonchev–Trinajstić information content (AvgIpc) is 2.38. The molecular weight excluding hydrogens is 332 g/mol. The van der Waals surface area contributed by atoms with Crippen molar-refractivity contribution in [2.45, 2.75) is 37.9 Å². The summed E-state index contributed by atoms with van der Waals surface area (Å²) in [5.41, 5.74) is -0.676. The van der Waals surface area contributed by atoms with Crippen LogP contribution in [0.15, 0.2) is 28.0 Å². The first-order valence-electron chi connectivity index (χ1n) is 7.45. The van der Waals surface area contributed by atoms with Gasteiger partial charge in [-0.15, -0.1) is 0 Å². The number of hydrogen-bond acceptors (Lipinski definition) is 5. The van der Waals surface area contributed by atoms with Gasteiger partial charge in [0, 0.05) is 31.9 Å². The van der Waals surface area contributed by atoms with Gasteiger partial charge in [-0.25, -0.2) is 12.7 Å². The summed E-state index contributed by atoms with van der Waals surface area (Å²) in [7, 11) is 0.908. The molecule has 0 unspecified atom stereocenters. The molecule has 1 heterocycles. The van der Waals surface area contributed by atoms with E-state index in [0.29, 0.717) is 0 Å². The summed E-state index contributed by atoms with van der Waals surface area (Å²) in [6, 6.07) is 2.49. The normalized spacial score (nSPS) is 12.7. The minimum atomic E-state index is -3.62. The zero-order valence-electron chi connectivity index (χ0n) is 15.0. The van der Waals surface area contributed by atoms with E-state index in [4.69, 9.17) is 0 Å². The SMILES string of the molecule is CN(CC(=O)NC(C)(C)C)Cn1cc(S(=O)(=O)N(C)C)ccc1=O. The van der Waals surface area contributed by atoms with E-state index in [1.54, 1.807) is 11.9 Å². The third-order valence-corrected chi connectivity index (χ3v) is 4.86. The monoisotopic (exact) mass is 358 g/mol. The maximum atomic E-state index is 12.1. The lowest BCUT2D eigenvalue weighted by atomic mass is 10.1. The molecule has 9 heteroatoms. The molecule has 0 atom stereocenters. The van der Waals surface area contributed by atoms with Gasteiger partial charge in [0.15, 0.2) is 0 Å². The molecule has 0 fully saturated rings. The quantitative estimate of drug-likeness (QED) is 0.767. The lowest BCUT2D eigenvalue weighted by Gasteiger charge is -2.23. The molecule has 0 radical (unpaired) electrons. The van der Waals surface area contributed by atoms with Gasteiger partial charge < -0.3 is 9.88 Å². The first kappa shape index (κ1) is 20.3. The zero-order valence-corrected chi connectivity index (χ0v) is 15.8. The van der Waals surface area contributed by atoms with E-state index < -0.39 is 10.0 Å². The molecule has 1 rings (SSSR count). The molecule has 1 aromatic rings. The van der Waals surface area contributed by atoms with Crippen molar-refractivity contribution in [3.63, 3.8) is 0 Å². The second-order valence-electron chi connectivity index (χ2n) is 6.91. The highest BCUT2D eigenvalue weighted by Crippen LogP contribution is 2.10. The van der Waals surface area contributed by atoms with Gasteiger partial charge in [-0.05, 0) is 33.9 Å². The van der Waals surface area contributed by atoms with Crippen LogP contribution in [0.25, 0.3) is 0 Å². The van der Waals surface area contributed by atoms with Crippen LogP contribution in [0.5, 0.6) is 0 Å². The van der Waals surface area contributed by atoms with Gasteiger partial charge in [0.2, 0.25) is 15.9 Å². The lowest BCUT2D eigenvalue weighted by molar-refractivity contribution is -0.123. The molecule has 1 amide bonds. The number of hydrogen-bond donors (Lipinski definition) is 1. The molecule has 0 saturated carbocycles. The fraction of sp³-hybridized carbons (Fsp3) is 0.600. The number of nitrogens with zero attached hydrogens (tertiary/aromatic N) is 3. The van der Waals surface area contributed by atoms with Crippen molar-refractivity contribution in [2.24, 2.45) is 0 Å². The highest BCUT2D eigenvalue weighted by atomic mass is 32.2. The number of nitrogens with one attached hydrogen (secondary N) is 1. The fourth-order valence-electron chi connectivity index (χ4n) is 2.00. The maximum absolute atomic E-state index is 12.1. The summed E-state index contributed by atoms with van der Waals surface area (Å²) < 4.78 is 26.6. The van der Waals surface area contributed by atoms with E-state index in [1.807, 2.05) is 20.8 Å². The van der Waals surface area contributed by atoms with Crippen LogP contribution in [0, 0.1) is 0 Å². The largest absolute Gasteiger partial charge is 0.350 e. The van der Waals surface area contributed by atoms with Gasteiger partial charge in [0.25, 0.3) is 5.56 Å². The Morgan fingerprint density at radius 1 is 1.21 bits per heavy atom. The third-order valence-electron chi connectivity index (χ3n) is 3.06. The van der Waals surface area contributed by atoms with Crippen LogP contribution in [0.1, 0.15) is 20.8 Å². The molecule has 136 valence electrons. The summed E-state index contributed by atoms with van der Waals surface area (Å²) in [5.74, 6) is -0.171. The van der Waals surface area contributed by atoms with Crippen LogP contribution in [-0.4, -0.2) is 61.3 Å². The van der Waals surface area contributed by atoms with Crippen molar-refractivity contribution in [3.8, 4) is 0 Å². The Bertz CT molecular complexity index is 747. The molecule has 0 aliphatic heterocycles. The van der Waals surface area contributed by atoms with Crippen LogP contribution in [0.4, 0.5) is 0 Å². The summed E-state index contributed by atoms with van der Waals surface area (Å²) >= 11 is 0. The van der Waals surface area contributed by atoms with Crippen molar-refractivity contribution in [2.75, 3.05) is 27.7 Å². The second-order valence-corrected chi connectivity index (χ2v) is 9.07. The Labute approximate surface area is 143 Å². The standard InChI is InChI=1S/C15H26N4O4S/c1-15(2,3)16-13(20)10-18(6)11-19-9-12(7-8-14(19)21)24(22,23)17(4)5/h7-9H,10-11H2,1-6H3,(H,16,20). The molecule has 1 aromatic heterocycles. The van der Waals surface area contributed by atoms with Crippen LogP contribution < -0.4 is 10.9 Å². The first-order valence-corrected chi connectivity index (χ1v) is 8.89. The van der Waals surface area contributed by atoms with Crippen molar-refractivity contribution in [1.29, 1.82) is 0 Å². The van der Waals surface area contributed by atoms with Crippen LogP contribution in [0.2, 0.25) is 0 Å². The van der Waals surface area contributed by atoms with Crippen molar-refractivity contribution < 1.29 is 13.2 Å². The minimum Gasteiger partial charge on any atom is -0.350 e. The highest BCUT2D eigenvalue weighted by Gasteiger charge is 2.19. The topological polar surface area (TPSA) is 91.7 Å². The van der Waals surface area contributed by atoms with E-state index in [2.05, 4.69) is 5.32 Å². The Morgan fingerprint density at radius 2 is 1.79 bits per heavy atom. The van der Waals surface area contributed by atoms with Gasteiger partial charge in [0.05, 0.1) is 18.1 Å². The summed E-state index contributed by atoms with van der Waals surface area (Å²) in [6.45, 7) is 5.84. The van der Waals surface area contributed by atoms with Crippen LogP contribution in [-0.2, 0) is 21.5 Å². The summed E-state index contributed by atoms with van der Waals surface area (Å²) in [5, 5.41) is 2.83. The number of carbonyl (C=O) groups excluding carboxylic acids is 1. The number of sulfonamides is 1. The molecule has 0 saturated heterocycles. The van der Waals surface area contributed by atoms with E-state index in [1.165, 1.54) is 37.0 Å². The molecular formula is C15H26N4O4S. The van der Waals surface area contributed by atoms with Gasteiger partial charge in [-0.3, -0.25) is 14.5 Å². The number of likely N-dealkylation sites (N-methyl/N-ethyl adjacent to an activating group) is 1. The molecule has 24 heavy (non-hydrogen) atoms. The first-order chi connectivity index (χ1) is 10.8. The number of amides is 1. The van der Waals surface area contributed by atoms with Gasteiger partial charge in [0.1, 0.15) is 0 Å². The second kappa shape index (κ2) is 7.45. The number of rotatable bonds is 6. The Hall–Kier alpha value is -1.71. The van der Waals surface area contributed by atoms with Crippen molar-refractivity contribution in [3.05, 3.63) is 28.7 Å². The van der Waals surface area contributed by atoms with E-state index in [-0.39, 0.29) is 35.1 Å². The van der Waals surface area contributed by atoms with E-state index in [9.17, 15) is 18.0 Å². The van der Waals surface area contributed by atoms with Crippen molar-refractivity contribution >= 4 is 15.9 Å². The molecule has 0 aliphatic rings. The van der Waals surface area contributed by atoms with E-state index in [0.717, 1.165) is 4.31 Å². The zero-order chi connectivity index (χ0) is 18.7. The third kappa shape index (κ3) is 5.73. The molecule has 0 aliphatic carbocycles. The number of pyridine rings is 1. The molecule has 8 nitrogen and oxygen atoms in total. The predicted molar refractivity (Wildman–Crippen MR) is 92.1 cm³/mol. The molecule has 0 spiro atoms. The van der Waals surface area contributed by atoms with Crippen molar-refractivity contribution in [1.82, 2.24) is 19.1 Å². The fourth-order valence-corrected chi connectivity index (χ4v) is 2.92. The molecule has 0 aromatic carbocycles. The van der Waals surface area contributed by atoms with Gasteiger partial charge in [-0.2, -0.15) is 0 Å². The van der Waals surface area contributed by atoms with E-state index >= 15 is 0 Å². The smallest absolute Gasteiger partial charge is 0.251 e. The molecule has 1 N–H and O–H groups in total. The lowest BCUT2D eigenvalue weighted by Crippen LogP contribution is -2.45. The summed E-state index contributed by atoms with van der Waals surface area (Å²) in [4.78, 5) is 25.5. The molecule has 0 bridgehead atoms. The predicted octanol–water partition coefficient (Wildman–Crippen LogP) is -0.0974. The van der Waals surface area contributed by atoms with Crippen LogP contribution in [0.3, 0.4) is 0 Å². The number of aromatic nitrogens is 1. The Morgan fingerprint density at radius 3 is 2.29 bits per heavy atom. The Balaban J connectivity index is 2.92.